The summed E-state index contributed by atoms with van der Waals surface area (Å²) in [5.74, 6) is 0. The number of thiazole rings is 1. The van der Waals surface area contributed by atoms with Crippen LogP contribution in [0, 0.1) is 0 Å². The molecular formula is C9H17Cl2N3S. The molecule has 1 atom stereocenters. The maximum absolute atomic E-state index is 5.67. The van der Waals surface area contributed by atoms with Gasteiger partial charge in [0.25, 0.3) is 0 Å². The molecular weight excluding hydrogens is 253 g/mol. The monoisotopic (exact) mass is 269 g/mol. The van der Waals surface area contributed by atoms with Gasteiger partial charge in [0.1, 0.15) is 0 Å². The lowest BCUT2D eigenvalue weighted by Crippen LogP contribution is -2.33. The van der Waals surface area contributed by atoms with Crippen LogP contribution in [-0.4, -0.2) is 30.0 Å². The van der Waals surface area contributed by atoms with Crippen molar-refractivity contribution in [1.29, 1.82) is 0 Å². The fourth-order valence-electron chi connectivity index (χ4n) is 1.82. The zero-order valence-corrected chi connectivity index (χ0v) is 11.3. The van der Waals surface area contributed by atoms with Gasteiger partial charge in [-0.15, -0.1) is 36.2 Å². The Morgan fingerprint density at radius 2 is 2.07 bits per heavy atom. The van der Waals surface area contributed by atoms with Gasteiger partial charge >= 0.3 is 0 Å². The number of anilines is 1. The predicted molar refractivity (Wildman–Crippen MR) is 70.5 cm³/mol. The van der Waals surface area contributed by atoms with E-state index >= 15 is 0 Å². The minimum Gasteiger partial charge on any atom is -0.375 e. The van der Waals surface area contributed by atoms with Crippen molar-refractivity contribution in [2.75, 3.05) is 19.8 Å². The smallest absolute Gasteiger partial charge is 0.180 e. The Bertz CT molecular complexity index is 314. The number of aryl methyl sites for hydroxylation is 1. The number of nitrogen functional groups attached to an aromatic ring is 1. The molecule has 2 N–H and O–H groups in total. The SMILES string of the molecule is CN(C)C1CCc2sc(N)nc2C1.Cl.Cl. The molecule has 2 rings (SSSR count). The van der Waals surface area contributed by atoms with Crippen LogP contribution in [0.5, 0.6) is 0 Å². The molecule has 0 radical (unpaired) electrons. The molecule has 1 aromatic heterocycles. The molecule has 1 unspecified atom stereocenters. The fraction of sp³-hybridized carbons (Fsp3) is 0.667. The number of likely N-dealkylation sites (N-methyl/N-ethyl adjacent to an activating group) is 1. The van der Waals surface area contributed by atoms with Crippen LogP contribution in [0.1, 0.15) is 17.0 Å². The highest BCUT2D eigenvalue weighted by molar-refractivity contribution is 7.15. The van der Waals surface area contributed by atoms with Gasteiger partial charge in [0.2, 0.25) is 0 Å². The number of fused-ring (bicyclic) bond motifs is 1. The summed E-state index contributed by atoms with van der Waals surface area (Å²) in [4.78, 5) is 8.03. The summed E-state index contributed by atoms with van der Waals surface area (Å²) in [6.45, 7) is 0. The van der Waals surface area contributed by atoms with E-state index in [1.807, 2.05) is 0 Å². The van der Waals surface area contributed by atoms with Crippen molar-refractivity contribution in [3.63, 3.8) is 0 Å². The van der Waals surface area contributed by atoms with Crippen molar-refractivity contribution in [3.05, 3.63) is 10.6 Å². The average Bonchev–Trinajstić information content (AvgIpc) is 2.42. The Morgan fingerprint density at radius 1 is 1.40 bits per heavy atom. The molecule has 1 heterocycles. The molecule has 0 aromatic carbocycles. The first-order valence-corrected chi connectivity index (χ1v) is 5.39. The lowest BCUT2D eigenvalue weighted by molar-refractivity contribution is 0.267. The van der Waals surface area contributed by atoms with E-state index < -0.39 is 0 Å². The zero-order chi connectivity index (χ0) is 9.42. The lowest BCUT2D eigenvalue weighted by Gasteiger charge is -2.27. The lowest BCUT2D eigenvalue weighted by atomic mass is 9.97. The van der Waals surface area contributed by atoms with E-state index in [9.17, 15) is 0 Å². The second-order valence-electron chi connectivity index (χ2n) is 3.78. The Balaban J connectivity index is 0.000000980. The molecule has 88 valence electrons. The van der Waals surface area contributed by atoms with Crippen LogP contribution in [0.2, 0.25) is 0 Å². The summed E-state index contributed by atoms with van der Waals surface area (Å²) in [5.41, 5.74) is 6.90. The van der Waals surface area contributed by atoms with Crippen LogP contribution >= 0.6 is 36.2 Å². The third kappa shape index (κ3) is 3.21. The topological polar surface area (TPSA) is 42.1 Å². The highest BCUT2D eigenvalue weighted by Crippen LogP contribution is 2.29. The molecule has 0 saturated heterocycles. The number of rotatable bonds is 1. The highest BCUT2D eigenvalue weighted by Gasteiger charge is 2.22. The van der Waals surface area contributed by atoms with Gasteiger partial charge in [0.05, 0.1) is 5.69 Å². The maximum Gasteiger partial charge on any atom is 0.180 e. The van der Waals surface area contributed by atoms with Crippen LogP contribution in [0.25, 0.3) is 0 Å². The molecule has 1 aliphatic rings. The highest BCUT2D eigenvalue weighted by atomic mass is 35.5. The molecule has 0 fully saturated rings. The van der Waals surface area contributed by atoms with Crippen molar-refractivity contribution < 1.29 is 0 Å². The first kappa shape index (κ1) is 15.0. The Labute approximate surface area is 107 Å². The molecule has 15 heavy (non-hydrogen) atoms. The van der Waals surface area contributed by atoms with Crippen LogP contribution in [0.4, 0.5) is 5.13 Å². The molecule has 3 nitrogen and oxygen atoms in total. The van der Waals surface area contributed by atoms with Crippen LogP contribution < -0.4 is 5.73 Å². The van der Waals surface area contributed by atoms with Gasteiger partial charge in [-0.3, -0.25) is 0 Å². The van der Waals surface area contributed by atoms with Gasteiger partial charge in [0, 0.05) is 17.3 Å². The molecule has 1 aromatic rings. The van der Waals surface area contributed by atoms with Crippen molar-refractivity contribution in [2.24, 2.45) is 0 Å². The molecule has 0 amide bonds. The number of hydrogen-bond donors (Lipinski definition) is 1. The summed E-state index contributed by atoms with van der Waals surface area (Å²) < 4.78 is 0. The van der Waals surface area contributed by atoms with E-state index in [-0.39, 0.29) is 24.8 Å². The maximum atomic E-state index is 5.67. The molecule has 6 heteroatoms. The summed E-state index contributed by atoms with van der Waals surface area (Å²) >= 11 is 1.65. The first-order chi connectivity index (χ1) is 6.16. The van der Waals surface area contributed by atoms with E-state index in [4.69, 9.17) is 5.73 Å². The summed E-state index contributed by atoms with van der Waals surface area (Å²) in [6.07, 6.45) is 3.45. The van der Waals surface area contributed by atoms with Gasteiger partial charge in [-0.25, -0.2) is 4.98 Å². The third-order valence-electron chi connectivity index (χ3n) is 2.66. The van der Waals surface area contributed by atoms with E-state index in [1.54, 1.807) is 11.3 Å². The predicted octanol–water partition coefficient (Wildman–Crippen LogP) is 1.99. The minimum absolute atomic E-state index is 0. The number of hydrogen-bond acceptors (Lipinski definition) is 4. The molecule has 0 bridgehead atoms. The van der Waals surface area contributed by atoms with E-state index in [2.05, 4.69) is 24.0 Å². The van der Waals surface area contributed by atoms with Gasteiger partial charge in [-0.2, -0.15) is 0 Å². The Kier molecular flexibility index (Phi) is 5.88. The first-order valence-electron chi connectivity index (χ1n) is 4.57. The normalized spacial score (nSPS) is 19.0. The van der Waals surface area contributed by atoms with Crippen LogP contribution in [0.3, 0.4) is 0 Å². The third-order valence-corrected chi connectivity index (χ3v) is 3.65. The van der Waals surface area contributed by atoms with Crippen molar-refractivity contribution in [3.8, 4) is 0 Å². The minimum atomic E-state index is 0. The van der Waals surface area contributed by atoms with Gasteiger partial charge in [-0.05, 0) is 26.9 Å². The Morgan fingerprint density at radius 3 is 2.67 bits per heavy atom. The standard InChI is InChI=1S/C9H15N3S.2ClH/c1-12(2)6-3-4-8-7(5-6)11-9(10)13-8;;/h6H,3-5H2,1-2H3,(H2,10,11);2*1H. The second kappa shape index (κ2) is 5.89. The number of aromatic nitrogens is 1. The number of nitrogens with two attached hydrogens (primary N) is 1. The van der Waals surface area contributed by atoms with Crippen molar-refractivity contribution in [1.82, 2.24) is 9.88 Å². The number of nitrogens with zero attached hydrogens (tertiary/aromatic N) is 2. The molecule has 0 aliphatic heterocycles. The molecule has 0 spiro atoms. The van der Waals surface area contributed by atoms with Crippen LogP contribution in [-0.2, 0) is 12.8 Å². The molecule has 1 aliphatic carbocycles. The van der Waals surface area contributed by atoms with Crippen molar-refractivity contribution >= 4 is 41.3 Å². The zero-order valence-electron chi connectivity index (χ0n) is 8.90. The summed E-state index contributed by atoms with van der Waals surface area (Å²) in [5, 5.41) is 0.726. The number of halogens is 2. The average molecular weight is 270 g/mol. The van der Waals surface area contributed by atoms with Gasteiger partial charge in [0.15, 0.2) is 5.13 Å². The van der Waals surface area contributed by atoms with Crippen molar-refractivity contribution in [2.45, 2.75) is 25.3 Å². The summed E-state index contributed by atoms with van der Waals surface area (Å²) in [7, 11) is 4.26. The van der Waals surface area contributed by atoms with E-state index in [0.29, 0.717) is 6.04 Å². The Hall–Kier alpha value is -0.0300. The quantitative estimate of drug-likeness (QED) is 0.848. The fourth-order valence-corrected chi connectivity index (χ4v) is 2.70. The second-order valence-corrected chi connectivity index (χ2v) is 4.90. The largest absolute Gasteiger partial charge is 0.375 e. The summed E-state index contributed by atoms with van der Waals surface area (Å²) in [6, 6.07) is 0.647. The van der Waals surface area contributed by atoms with Gasteiger partial charge in [-0.1, -0.05) is 0 Å². The van der Waals surface area contributed by atoms with Gasteiger partial charge < -0.3 is 10.6 Å². The van der Waals surface area contributed by atoms with E-state index in [1.165, 1.54) is 17.0 Å². The van der Waals surface area contributed by atoms with E-state index in [0.717, 1.165) is 18.0 Å². The molecule has 0 saturated carbocycles. The van der Waals surface area contributed by atoms with Crippen LogP contribution in [0.15, 0.2) is 0 Å².